The third kappa shape index (κ3) is 5.55. The van der Waals surface area contributed by atoms with E-state index in [9.17, 15) is 0 Å². The highest BCUT2D eigenvalue weighted by molar-refractivity contribution is 6.19. The zero-order chi connectivity index (χ0) is 14.1. The number of likely N-dealkylation sites (N-methyl/N-ethyl adjacent to an activating group) is 1. The van der Waals surface area contributed by atoms with Crippen LogP contribution in [0.15, 0.2) is 18.2 Å². The first-order valence-corrected chi connectivity index (χ1v) is 7.25. The summed E-state index contributed by atoms with van der Waals surface area (Å²) in [6.45, 7) is 10.1. The Hall–Kier alpha value is -1.17. The van der Waals surface area contributed by atoms with Crippen LogP contribution in [0.1, 0.15) is 25.0 Å². The van der Waals surface area contributed by atoms with Crippen LogP contribution < -0.4 is 4.74 Å². The summed E-state index contributed by atoms with van der Waals surface area (Å²) in [6.07, 6.45) is 0. The summed E-state index contributed by atoms with van der Waals surface area (Å²) in [5, 5.41) is 0. The molecule has 0 spiro atoms. The van der Waals surface area contributed by atoms with Crippen LogP contribution in [0.4, 0.5) is 0 Å². The molecule has 0 heterocycles. The van der Waals surface area contributed by atoms with Crippen LogP contribution in [0.25, 0.3) is 0 Å². The van der Waals surface area contributed by atoms with Gasteiger partial charge in [-0.2, -0.15) is 0 Å². The largest absolute Gasteiger partial charge is 0.491 e. The highest BCUT2D eigenvalue weighted by Gasteiger charge is 2.03. The van der Waals surface area contributed by atoms with E-state index in [0.717, 1.165) is 30.9 Å². The second-order valence-corrected chi connectivity index (χ2v) is 4.58. The van der Waals surface area contributed by atoms with E-state index < -0.39 is 0 Å². The summed E-state index contributed by atoms with van der Waals surface area (Å²) in [5.41, 5.74) is 2.09. The van der Waals surface area contributed by atoms with Crippen molar-refractivity contribution in [2.45, 2.75) is 20.8 Å². The number of halogens is 1. The minimum Gasteiger partial charge on any atom is -0.491 e. The summed E-state index contributed by atoms with van der Waals surface area (Å²) in [4.78, 5) is 2.33. The van der Waals surface area contributed by atoms with Crippen molar-refractivity contribution >= 4 is 11.6 Å². The zero-order valence-corrected chi connectivity index (χ0v) is 12.8. The lowest BCUT2D eigenvalue weighted by atomic mass is 10.1. The van der Waals surface area contributed by atoms with Gasteiger partial charge in [0.2, 0.25) is 0 Å². The van der Waals surface area contributed by atoms with Gasteiger partial charge in [0, 0.05) is 6.54 Å². The molecule has 0 atom stereocenters. The van der Waals surface area contributed by atoms with Gasteiger partial charge in [0.15, 0.2) is 0 Å². The van der Waals surface area contributed by atoms with Crippen molar-refractivity contribution in [1.82, 2.24) is 4.90 Å². The fourth-order valence-corrected chi connectivity index (χ4v) is 1.89. The van der Waals surface area contributed by atoms with Crippen molar-refractivity contribution in [3.05, 3.63) is 29.3 Å². The predicted octanol–water partition coefficient (Wildman–Crippen LogP) is 3.31. The van der Waals surface area contributed by atoms with E-state index in [1.54, 1.807) is 0 Å². The molecular weight excluding hydrogens is 258 g/mol. The lowest BCUT2D eigenvalue weighted by molar-refractivity contribution is 0.222. The number of hydrogen-bond acceptors (Lipinski definition) is 2. The summed E-state index contributed by atoms with van der Waals surface area (Å²) in [6, 6.07) is 6.06. The Bertz CT molecular complexity index is 444. The van der Waals surface area contributed by atoms with Crippen LogP contribution in [0.2, 0.25) is 0 Å². The molecule has 0 fully saturated rings. The van der Waals surface area contributed by atoms with Crippen molar-refractivity contribution < 1.29 is 4.74 Å². The average molecular weight is 280 g/mol. The van der Waals surface area contributed by atoms with Crippen molar-refractivity contribution in [1.29, 1.82) is 0 Å². The van der Waals surface area contributed by atoms with Gasteiger partial charge in [0.25, 0.3) is 0 Å². The normalized spacial score (nSPS) is 10.2. The standard InChI is InChI=1S/C16H22ClNO/c1-4-18(5-2)11-12-19-16-9-8-14(3)13-15(16)7-6-10-17/h8-9,13H,4-5,10-12H2,1-3H3. The zero-order valence-electron chi connectivity index (χ0n) is 12.0. The van der Waals surface area contributed by atoms with Gasteiger partial charge in [0.05, 0.1) is 11.4 Å². The molecule has 1 aromatic rings. The lowest BCUT2D eigenvalue weighted by Crippen LogP contribution is -2.28. The van der Waals surface area contributed by atoms with Gasteiger partial charge in [-0.3, -0.25) is 0 Å². The topological polar surface area (TPSA) is 12.5 Å². The second kappa shape index (κ2) is 8.85. The maximum Gasteiger partial charge on any atom is 0.134 e. The van der Waals surface area contributed by atoms with E-state index in [1.165, 1.54) is 5.56 Å². The van der Waals surface area contributed by atoms with E-state index >= 15 is 0 Å². The van der Waals surface area contributed by atoms with Gasteiger partial charge in [-0.15, -0.1) is 11.6 Å². The molecule has 0 aliphatic carbocycles. The number of ether oxygens (including phenoxy) is 1. The molecule has 0 bridgehead atoms. The number of alkyl halides is 1. The number of benzene rings is 1. The first kappa shape index (κ1) is 15.9. The quantitative estimate of drug-likeness (QED) is 0.585. The van der Waals surface area contributed by atoms with Crippen LogP contribution in [0.3, 0.4) is 0 Å². The minimum absolute atomic E-state index is 0.340. The Morgan fingerprint density at radius 1 is 1.26 bits per heavy atom. The number of rotatable bonds is 6. The second-order valence-electron chi connectivity index (χ2n) is 4.31. The maximum atomic E-state index is 5.84. The number of hydrogen-bond donors (Lipinski definition) is 0. The Morgan fingerprint density at radius 2 is 2.00 bits per heavy atom. The molecule has 0 aliphatic heterocycles. The first-order valence-electron chi connectivity index (χ1n) is 6.71. The molecule has 0 radical (unpaired) electrons. The van der Waals surface area contributed by atoms with Crippen molar-refractivity contribution in [2.24, 2.45) is 0 Å². The van der Waals surface area contributed by atoms with Crippen LogP contribution in [-0.4, -0.2) is 37.0 Å². The van der Waals surface area contributed by atoms with Gasteiger partial charge in [-0.1, -0.05) is 31.8 Å². The molecule has 1 rings (SSSR count). The average Bonchev–Trinajstić information content (AvgIpc) is 2.43. The van der Waals surface area contributed by atoms with Crippen molar-refractivity contribution in [2.75, 3.05) is 32.1 Å². The molecule has 0 amide bonds. The molecule has 0 saturated carbocycles. The molecule has 0 unspecified atom stereocenters. The number of aryl methyl sites for hydroxylation is 1. The molecule has 0 N–H and O–H groups in total. The van der Waals surface area contributed by atoms with Gasteiger partial charge in [-0.25, -0.2) is 0 Å². The SMILES string of the molecule is CCN(CC)CCOc1ccc(C)cc1C#CCCl. The van der Waals surface area contributed by atoms with E-state index in [2.05, 4.69) is 30.6 Å². The van der Waals surface area contributed by atoms with E-state index in [0.29, 0.717) is 12.5 Å². The molecule has 104 valence electrons. The molecule has 0 aliphatic rings. The monoisotopic (exact) mass is 279 g/mol. The molecule has 0 aromatic heterocycles. The highest BCUT2D eigenvalue weighted by atomic mass is 35.5. The molecule has 2 nitrogen and oxygen atoms in total. The van der Waals surface area contributed by atoms with E-state index in [1.807, 2.05) is 25.1 Å². The third-order valence-corrected chi connectivity index (χ3v) is 3.12. The van der Waals surface area contributed by atoms with Crippen LogP contribution >= 0.6 is 11.6 Å². The maximum absolute atomic E-state index is 5.84. The van der Waals surface area contributed by atoms with Crippen molar-refractivity contribution in [3.8, 4) is 17.6 Å². The highest BCUT2D eigenvalue weighted by Crippen LogP contribution is 2.19. The fourth-order valence-electron chi connectivity index (χ4n) is 1.82. The van der Waals surface area contributed by atoms with Gasteiger partial charge in [-0.05, 0) is 37.7 Å². The Kier molecular flexibility index (Phi) is 7.40. The van der Waals surface area contributed by atoms with Crippen molar-refractivity contribution in [3.63, 3.8) is 0 Å². The Labute approximate surface area is 121 Å². The van der Waals surface area contributed by atoms with Crippen LogP contribution in [-0.2, 0) is 0 Å². The summed E-state index contributed by atoms with van der Waals surface area (Å²) >= 11 is 5.61. The first-order chi connectivity index (χ1) is 9.21. The summed E-state index contributed by atoms with van der Waals surface area (Å²) in [5.74, 6) is 7.11. The molecule has 19 heavy (non-hydrogen) atoms. The summed E-state index contributed by atoms with van der Waals surface area (Å²) < 4.78 is 5.84. The minimum atomic E-state index is 0.340. The fraction of sp³-hybridized carbons (Fsp3) is 0.500. The van der Waals surface area contributed by atoms with Crippen LogP contribution in [0.5, 0.6) is 5.75 Å². The van der Waals surface area contributed by atoms with Crippen LogP contribution in [0, 0.1) is 18.8 Å². The number of nitrogens with zero attached hydrogens (tertiary/aromatic N) is 1. The molecule has 3 heteroatoms. The molecule has 0 saturated heterocycles. The third-order valence-electron chi connectivity index (χ3n) is 2.98. The van der Waals surface area contributed by atoms with Gasteiger partial charge < -0.3 is 9.64 Å². The lowest BCUT2D eigenvalue weighted by Gasteiger charge is -2.18. The Morgan fingerprint density at radius 3 is 2.63 bits per heavy atom. The summed E-state index contributed by atoms with van der Waals surface area (Å²) in [7, 11) is 0. The van der Waals surface area contributed by atoms with Gasteiger partial charge >= 0.3 is 0 Å². The van der Waals surface area contributed by atoms with E-state index in [-0.39, 0.29) is 0 Å². The van der Waals surface area contributed by atoms with Gasteiger partial charge in [0.1, 0.15) is 12.4 Å². The predicted molar refractivity (Wildman–Crippen MR) is 82.1 cm³/mol. The Balaban J connectivity index is 2.67. The molecule has 1 aromatic carbocycles. The van der Waals surface area contributed by atoms with E-state index in [4.69, 9.17) is 16.3 Å². The smallest absolute Gasteiger partial charge is 0.134 e. The molecular formula is C16H22ClNO.